The first-order valence-corrected chi connectivity index (χ1v) is 10.8. The minimum absolute atomic E-state index is 0.313. The third-order valence-electron chi connectivity index (χ3n) is 5.41. The molecule has 1 aromatic carbocycles. The second-order valence-corrected chi connectivity index (χ2v) is 8.32. The molecule has 1 aliphatic rings. The lowest BCUT2D eigenvalue weighted by Crippen LogP contribution is -2.51. The summed E-state index contributed by atoms with van der Waals surface area (Å²) in [6, 6.07) is 10.3. The number of amides is 1. The number of hydrogen-bond acceptors (Lipinski definition) is 4. The van der Waals surface area contributed by atoms with Gasteiger partial charge in [0.2, 0.25) is 0 Å². The number of alkyl carbamates (subject to hydrolysis) is 1. The van der Waals surface area contributed by atoms with Crippen LogP contribution in [0.5, 0.6) is 0 Å². The maximum atomic E-state index is 12.2. The third-order valence-corrected chi connectivity index (χ3v) is 6.48. The van der Waals surface area contributed by atoms with Gasteiger partial charge in [0.05, 0.1) is 21.9 Å². The van der Waals surface area contributed by atoms with E-state index in [1.807, 2.05) is 6.07 Å². The molecule has 0 spiro atoms. The van der Waals surface area contributed by atoms with Crippen molar-refractivity contribution in [3.63, 3.8) is 0 Å². The molecule has 3 aromatic rings. The highest BCUT2D eigenvalue weighted by Crippen LogP contribution is 2.42. The van der Waals surface area contributed by atoms with Gasteiger partial charge in [-0.15, -0.1) is 0 Å². The first-order chi connectivity index (χ1) is 13.6. The maximum Gasteiger partial charge on any atom is 0.407 e. The zero-order chi connectivity index (χ0) is 19.6. The van der Waals surface area contributed by atoms with Crippen LogP contribution in [0.2, 0.25) is 0 Å². The number of hydrogen-bond donors (Lipinski definition) is 1. The average Bonchev–Trinajstić information content (AvgIpc) is 3.02. The van der Waals surface area contributed by atoms with Gasteiger partial charge < -0.3 is 14.5 Å². The van der Waals surface area contributed by atoms with Crippen LogP contribution in [0.4, 0.5) is 4.79 Å². The number of nitrogens with one attached hydrogen (secondary N) is 1. The summed E-state index contributed by atoms with van der Waals surface area (Å²) in [4.78, 5) is 16.3. The van der Waals surface area contributed by atoms with Gasteiger partial charge in [-0.2, -0.15) is 0 Å². The van der Waals surface area contributed by atoms with E-state index in [1.165, 1.54) is 0 Å². The minimum Gasteiger partial charge on any atom is -0.453 e. The summed E-state index contributed by atoms with van der Waals surface area (Å²) in [6.07, 6.45) is 8.07. The van der Waals surface area contributed by atoms with Gasteiger partial charge in [0.25, 0.3) is 0 Å². The summed E-state index contributed by atoms with van der Waals surface area (Å²) >= 11 is 2.32. The third kappa shape index (κ3) is 3.62. The van der Waals surface area contributed by atoms with Gasteiger partial charge in [-0.1, -0.05) is 37.6 Å². The number of benzene rings is 1. The van der Waals surface area contributed by atoms with Crippen LogP contribution in [0.15, 0.2) is 47.1 Å². The van der Waals surface area contributed by atoms with Crippen LogP contribution in [0, 0.1) is 3.57 Å². The quantitative estimate of drug-likeness (QED) is 0.340. The summed E-state index contributed by atoms with van der Waals surface area (Å²) in [5, 5.41) is 4.17. The molecule has 0 aliphatic heterocycles. The van der Waals surface area contributed by atoms with E-state index in [1.54, 1.807) is 12.4 Å². The lowest BCUT2D eigenvalue weighted by atomic mass is 9.72. The van der Waals surface area contributed by atoms with E-state index in [4.69, 9.17) is 9.15 Å². The Morgan fingerprint density at radius 3 is 2.71 bits per heavy atom. The Kier molecular flexibility index (Phi) is 5.57. The standard InChI is InChI=1S/C22H23IN2O3/c1-2-3-13-27-21(26)25-22(10-4-11-22)16-7-5-15(6-8-16)20-19(23)17-9-12-24-14-18(17)28-20/h5-9,12,14H,2-4,10-11,13H2,1H3,(H,25,26). The molecule has 2 heterocycles. The van der Waals surface area contributed by atoms with E-state index < -0.39 is 0 Å². The highest BCUT2D eigenvalue weighted by Gasteiger charge is 2.40. The fraction of sp³-hybridized carbons (Fsp3) is 0.364. The topological polar surface area (TPSA) is 64.4 Å². The van der Waals surface area contributed by atoms with E-state index >= 15 is 0 Å². The molecule has 0 radical (unpaired) electrons. The molecule has 1 amide bonds. The smallest absolute Gasteiger partial charge is 0.407 e. The van der Waals surface area contributed by atoms with Crippen molar-refractivity contribution in [2.75, 3.05) is 6.61 Å². The zero-order valence-electron chi connectivity index (χ0n) is 15.8. The molecule has 28 heavy (non-hydrogen) atoms. The number of unbranched alkanes of at least 4 members (excludes halogenated alkanes) is 1. The van der Waals surface area contributed by atoms with Gasteiger partial charge in [0, 0.05) is 17.1 Å². The molecule has 0 unspecified atom stereocenters. The normalized spacial score (nSPS) is 15.2. The molecule has 1 saturated carbocycles. The molecule has 4 rings (SSSR count). The molecule has 2 aromatic heterocycles. The van der Waals surface area contributed by atoms with Crippen LogP contribution in [-0.4, -0.2) is 17.7 Å². The molecule has 5 nitrogen and oxygen atoms in total. The fourth-order valence-electron chi connectivity index (χ4n) is 3.60. The zero-order valence-corrected chi connectivity index (χ0v) is 18.0. The van der Waals surface area contributed by atoms with E-state index in [2.05, 4.69) is 64.1 Å². The molecular weight excluding hydrogens is 467 g/mol. The van der Waals surface area contributed by atoms with Crippen LogP contribution in [0.25, 0.3) is 22.3 Å². The van der Waals surface area contributed by atoms with Gasteiger partial charge >= 0.3 is 6.09 Å². The highest BCUT2D eigenvalue weighted by molar-refractivity contribution is 14.1. The number of furan rings is 1. The summed E-state index contributed by atoms with van der Waals surface area (Å²) in [6.45, 7) is 2.55. The van der Waals surface area contributed by atoms with Crippen molar-refractivity contribution in [3.8, 4) is 11.3 Å². The van der Waals surface area contributed by atoms with Crippen molar-refractivity contribution in [3.05, 3.63) is 51.9 Å². The SMILES string of the molecule is CCCCOC(=O)NC1(c2ccc(-c3oc4cnccc4c3I)cc2)CCC1. The van der Waals surface area contributed by atoms with E-state index in [0.29, 0.717) is 6.61 Å². The minimum atomic E-state index is -0.323. The summed E-state index contributed by atoms with van der Waals surface area (Å²) in [5.74, 6) is 0.852. The molecule has 1 aliphatic carbocycles. The van der Waals surface area contributed by atoms with E-state index in [9.17, 15) is 4.79 Å². The molecule has 146 valence electrons. The summed E-state index contributed by atoms with van der Waals surface area (Å²) < 4.78 is 12.4. The lowest BCUT2D eigenvalue weighted by molar-refractivity contribution is 0.110. The Labute approximate surface area is 178 Å². The molecule has 1 fully saturated rings. The lowest BCUT2D eigenvalue weighted by Gasteiger charge is -2.42. The fourth-order valence-corrected chi connectivity index (χ4v) is 4.47. The first-order valence-electron chi connectivity index (χ1n) is 9.71. The number of fused-ring (bicyclic) bond motifs is 1. The van der Waals surface area contributed by atoms with Crippen LogP contribution >= 0.6 is 22.6 Å². The summed E-state index contributed by atoms with van der Waals surface area (Å²) in [7, 11) is 0. The van der Waals surface area contributed by atoms with Crippen LogP contribution in [0.3, 0.4) is 0 Å². The van der Waals surface area contributed by atoms with Crippen molar-refractivity contribution >= 4 is 39.7 Å². The average molecular weight is 490 g/mol. The van der Waals surface area contributed by atoms with Crippen molar-refractivity contribution in [2.24, 2.45) is 0 Å². The largest absolute Gasteiger partial charge is 0.453 e. The van der Waals surface area contributed by atoms with Crippen LogP contribution in [-0.2, 0) is 10.3 Å². The number of carbonyl (C=O) groups is 1. The second kappa shape index (κ2) is 8.11. The predicted molar refractivity (Wildman–Crippen MR) is 117 cm³/mol. The number of pyridine rings is 1. The van der Waals surface area contributed by atoms with E-state index in [-0.39, 0.29) is 11.6 Å². The molecule has 0 bridgehead atoms. The van der Waals surface area contributed by atoms with Gasteiger partial charge in [0.15, 0.2) is 5.58 Å². The Bertz CT molecular complexity index is 977. The highest BCUT2D eigenvalue weighted by atomic mass is 127. The first kappa shape index (κ1) is 19.2. The Balaban J connectivity index is 1.54. The predicted octanol–water partition coefficient (Wildman–Crippen LogP) is 6.00. The monoisotopic (exact) mass is 490 g/mol. The van der Waals surface area contributed by atoms with Crippen molar-refractivity contribution in [1.82, 2.24) is 10.3 Å². The number of halogens is 1. The molecule has 6 heteroatoms. The number of ether oxygens (including phenoxy) is 1. The van der Waals surface area contributed by atoms with Crippen LogP contribution < -0.4 is 5.32 Å². The number of aromatic nitrogens is 1. The van der Waals surface area contributed by atoms with Gasteiger partial charge in [-0.05, 0) is 59.9 Å². The summed E-state index contributed by atoms with van der Waals surface area (Å²) in [5.41, 5.74) is 2.61. The number of nitrogens with zero attached hydrogens (tertiary/aromatic N) is 1. The Morgan fingerprint density at radius 1 is 1.29 bits per heavy atom. The van der Waals surface area contributed by atoms with Crippen molar-refractivity contribution in [1.29, 1.82) is 0 Å². The molecule has 0 saturated heterocycles. The van der Waals surface area contributed by atoms with Gasteiger partial charge in [-0.3, -0.25) is 4.98 Å². The van der Waals surface area contributed by atoms with E-state index in [0.717, 1.165) is 63.5 Å². The Hall–Kier alpha value is -2.09. The number of rotatable bonds is 6. The molecule has 1 N–H and O–H groups in total. The Morgan fingerprint density at radius 2 is 2.07 bits per heavy atom. The molecular formula is C22H23IN2O3. The second-order valence-electron chi connectivity index (χ2n) is 7.24. The van der Waals surface area contributed by atoms with Crippen molar-refractivity contribution in [2.45, 2.75) is 44.6 Å². The van der Waals surface area contributed by atoms with Crippen LogP contribution in [0.1, 0.15) is 44.6 Å². The van der Waals surface area contributed by atoms with Gasteiger partial charge in [0.1, 0.15) is 5.76 Å². The molecule has 0 atom stereocenters. The van der Waals surface area contributed by atoms with Crippen molar-refractivity contribution < 1.29 is 13.9 Å². The maximum absolute atomic E-state index is 12.2. The van der Waals surface area contributed by atoms with Gasteiger partial charge in [-0.25, -0.2) is 4.79 Å². The number of carbonyl (C=O) groups excluding carboxylic acids is 1.